The average Bonchev–Trinajstić information content (AvgIpc) is 2.80. The van der Waals surface area contributed by atoms with Crippen molar-refractivity contribution in [3.05, 3.63) is 23.4 Å². The molecule has 24 heavy (non-hydrogen) atoms. The maximum atomic E-state index is 12.8. The maximum Gasteiger partial charge on any atom is 0.408 e. The van der Waals surface area contributed by atoms with E-state index < -0.39 is 30.3 Å². The van der Waals surface area contributed by atoms with E-state index in [0.29, 0.717) is 18.4 Å². The van der Waals surface area contributed by atoms with Crippen molar-refractivity contribution in [2.24, 2.45) is 0 Å². The van der Waals surface area contributed by atoms with Crippen LogP contribution < -0.4 is 10.1 Å². The number of nitrogens with zero attached hydrogens (tertiary/aromatic N) is 1. The predicted octanol–water partition coefficient (Wildman–Crippen LogP) is 3.12. The summed E-state index contributed by atoms with van der Waals surface area (Å²) in [5, 5.41) is 11.7. The van der Waals surface area contributed by atoms with Crippen LogP contribution in [0.3, 0.4) is 0 Å². The number of halogens is 2. The summed E-state index contributed by atoms with van der Waals surface area (Å²) >= 11 is 0. The maximum absolute atomic E-state index is 12.8. The molecular formula is C16H22F2N2O4. The van der Waals surface area contributed by atoms with Crippen LogP contribution >= 0.6 is 0 Å². The lowest BCUT2D eigenvalue weighted by atomic mass is 10.0. The number of pyridine rings is 1. The lowest BCUT2D eigenvalue weighted by molar-refractivity contribution is 0.0461. The van der Waals surface area contributed by atoms with Crippen molar-refractivity contribution in [3.8, 4) is 5.88 Å². The highest BCUT2D eigenvalue weighted by Crippen LogP contribution is 2.38. The number of aliphatic hydroxyl groups excluding tert-OH is 1. The van der Waals surface area contributed by atoms with Gasteiger partial charge in [0.25, 0.3) is 6.43 Å². The van der Waals surface area contributed by atoms with Crippen LogP contribution in [0, 0.1) is 0 Å². The summed E-state index contributed by atoms with van der Waals surface area (Å²) in [6.45, 7) is 5.19. The molecule has 1 amide bonds. The molecule has 0 aromatic carbocycles. The van der Waals surface area contributed by atoms with E-state index >= 15 is 0 Å². The molecule has 1 aromatic rings. The minimum atomic E-state index is -2.70. The normalized spacial score (nSPS) is 19.8. The van der Waals surface area contributed by atoms with Gasteiger partial charge in [-0.1, -0.05) is 0 Å². The highest BCUT2D eigenvalue weighted by atomic mass is 19.3. The Kier molecular flexibility index (Phi) is 5.58. The number of amides is 1. The summed E-state index contributed by atoms with van der Waals surface area (Å²) < 4.78 is 36.4. The zero-order valence-electron chi connectivity index (χ0n) is 13.9. The molecule has 0 saturated heterocycles. The molecule has 0 aliphatic carbocycles. The largest absolute Gasteiger partial charge is 0.472 e. The van der Waals surface area contributed by atoms with Crippen LogP contribution in [0.15, 0.2) is 12.1 Å². The first-order valence-corrected chi connectivity index (χ1v) is 7.77. The molecule has 2 heterocycles. The number of rotatable bonds is 5. The Balaban J connectivity index is 2.20. The van der Waals surface area contributed by atoms with Crippen LogP contribution in [0.25, 0.3) is 0 Å². The minimum absolute atomic E-state index is 0.0366. The predicted molar refractivity (Wildman–Crippen MR) is 82.0 cm³/mol. The van der Waals surface area contributed by atoms with Crippen molar-refractivity contribution in [3.63, 3.8) is 0 Å². The van der Waals surface area contributed by atoms with E-state index in [4.69, 9.17) is 14.6 Å². The summed E-state index contributed by atoms with van der Waals surface area (Å²) in [6, 6.07) is 2.12. The average molecular weight is 344 g/mol. The lowest BCUT2D eigenvalue weighted by Gasteiger charge is -2.24. The van der Waals surface area contributed by atoms with Crippen LogP contribution in [0.1, 0.15) is 57.3 Å². The number of hydrogen-bond donors (Lipinski definition) is 2. The first-order chi connectivity index (χ1) is 11.2. The summed E-state index contributed by atoms with van der Waals surface area (Å²) in [6.07, 6.45) is -2.94. The number of hydrogen-bond acceptors (Lipinski definition) is 5. The molecule has 2 N–H and O–H groups in total. The van der Waals surface area contributed by atoms with Crippen LogP contribution in [-0.2, 0) is 4.74 Å². The first-order valence-electron chi connectivity index (χ1n) is 7.77. The number of aliphatic hydroxyl groups is 1. The van der Waals surface area contributed by atoms with Crippen molar-refractivity contribution < 1.29 is 28.2 Å². The second-order valence-electron chi connectivity index (χ2n) is 6.58. The smallest absolute Gasteiger partial charge is 0.408 e. The number of aromatic nitrogens is 1. The highest BCUT2D eigenvalue weighted by molar-refractivity contribution is 5.69. The molecule has 0 saturated carbocycles. The van der Waals surface area contributed by atoms with Gasteiger partial charge in [-0.15, -0.1) is 0 Å². The van der Waals surface area contributed by atoms with Gasteiger partial charge in [0.2, 0.25) is 5.88 Å². The Hall–Kier alpha value is -1.96. The topological polar surface area (TPSA) is 80.7 Å². The van der Waals surface area contributed by atoms with E-state index in [0.717, 1.165) is 0 Å². The third-order valence-corrected chi connectivity index (χ3v) is 3.42. The SMILES string of the molecule is CC(C)(C)OC(=O)N[C@@H]1c2ccc(C(F)F)nc2O[C@@H]1CCCO. The van der Waals surface area contributed by atoms with Gasteiger partial charge in [-0.25, -0.2) is 18.6 Å². The third-order valence-electron chi connectivity index (χ3n) is 3.42. The molecular weight excluding hydrogens is 322 g/mol. The van der Waals surface area contributed by atoms with E-state index in [9.17, 15) is 13.6 Å². The van der Waals surface area contributed by atoms with Gasteiger partial charge in [-0.2, -0.15) is 0 Å². The van der Waals surface area contributed by atoms with E-state index in [2.05, 4.69) is 10.3 Å². The van der Waals surface area contributed by atoms with Crippen molar-refractivity contribution in [2.45, 2.75) is 57.8 Å². The van der Waals surface area contributed by atoms with Crippen molar-refractivity contribution >= 4 is 6.09 Å². The Morgan fingerprint density at radius 3 is 2.75 bits per heavy atom. The van der Waals surface area contributed by atoms with Crippen molar-refractivity contribution in [2.75, 3.05) is 6.61 Å². The van der Waals surface area contributed by atoms with Gasteiger partial charge in [0.05, 0.1) is 6.04 Å². The van der Waals surface area contributed by atoms with Crippen LogP contribution in [-0.4, -0.2) is 34.5 Å². The van der Waals surface area contributed by atoms with Gasteiger partial charge < -0.3 is 19.9 Å². The number of ether oxygens (including phenoxy) is 2. The van der Waals surface area contributed by atoms with E-state index in [1.54, 1.807) is 20.8 Å². The molecule has 1 aromatic heterocycles. The molecule has 8 heteroatoms. The van der Waals surface area contributed by atoms with Gasteiger partial charge in [-0.05, 0) is 45.7 Å². The monoisotopic (exact) mass is 344 g/mol. The van der Waals surface area contributed by atoms with E-state index in [1.807, 2.05) is 0 Å². The Morgan fingerprint density at radius 1 is 1.46 bits per heavy atom. The quantitative estimate of drug-likeness (QED) is 0.858. The van der Waals surface area contributed by atoms with E-state index in [1.165, 1.54) is 12.1 Å². The van der Waals surface area contributed by atoms with Gasteiger partial charge in [-0.3, -0.25) is 0 Å². The molecule has 0 fully saturated rings. The molecule has 0 unspecified atom stereocenters. The molecule has 0 spiro atoms. The Labute approximate surface area is 139 Å². The fourth-order valence-corrected chi connectivity index (χ4v) is 2.45. The molecule has 0 radical (unpaired) electrons. The van der Waals surface area contributed by atoms with Crippen LogP contribution in [0.4, 0.5) is 13.6 Å². The van der Waals surface area contributed by atoms with Crippen molar-refractivity contribution in [1.29, 1.82) is 0 Å². The first kappa shape index (κ1) is 18.4. The second kappa shape index (κ2) is 7.29. The summed E-state index contributed by atoms with van der Waals surface area (Å²) in [7, 11) is 0. The second-order valence-corrected chi connectivity index (χ2v) is 6.58. The van der Waals surface area contributed by atoms with Crippen LogP contribution in [0.2, 0.25) is 0 Å². The molecule has 6 nitrogen and oxygen atoms in total. The van der Waals surface area contributed by atoms with Gasteiger partial charge in [0.1, 0.15) is 17.4 Å². The van der Waals surface area contributed by atoms with Crippen molar-refractivity contribution in [1.82, 2.24) is 10.3 Å². The lowest BCUT2D eigenvalue weighted by Crippen LogP contribution is -2.39. The number of alkyl carbamates (subject to hydrolysis) is 1. The number of carbonyl (C=O) groups excluding carboxylic acids is 1. The number of carbonyl (C=O) groups is 1. The Bertz CT molecular complexity index is 590. The summed E-state index contributed by atoms with van der Waals surface area (Å²) in [4.78, 5) is 15.9. The molecule has 0 bridgehead atoms. The molecule has 1 aliphatic heterocycles. The molecule has 1 aliphatic rings. The summed E-state index contributed by atoms with van der Waals surface area (Å²) in [5.74, 6) is 0.0804. The molecule has 2 rings (SSSR count). The fourth-order valence-electron chi connectivity index (χ4n) is 2.45. The number of fused-ring (bicyclic) bond motifs is 1. The fraction of sp³-hybridized carbons (Fsp3) is 0.625. The van der Waals surface area contributed by atoms with Gasteiger partial charge in [0.15, 0.2) is 0 Å². The number of nitrogens with one attached hydrogen (secondary N) is 1. The number of alkyl halides is 2. The highest BCUT2D eigenvalue weighted by Gasteiger charge is 2.37. The van der Waals surface area contributed by atoms with Gasteiger partial charge >= 0.3 is 6.09 Å². The summed E-state index contributed by atoms with van der Waals surface area (Å²) in [5.41, 5.74) is -0.522. The van der Waals surface area contributed by atoms with Crippen LogP contribution in [0.5, 0.6) is 5.88 Å². The zero-order chi connectivity index (χ0) is 17.9. The Morgan fingerprint density at radius 2 is 2.17 bits per heavy atom. The third kappa shape index (κ3) is 4.53. The van der Waals surface area contributed by atoms with E-state index in [-0.39, 0.29) is 18.2 Å². The standard InChI is InChI=1S/C16H22F2N2O4/c1-16(2,3)24-15(22)20-12-9-6-7-10(13(17)18)19-14(9)23-11(12)5-4-8-21/h6-7,11-13,21H,4-5,8H2,1-3H3,(H,20,22)/t11-,12-/m1/s1. The molecule has 2 atom stereocenters. The van der Waals surface area contributed by atoms with Gasteiger partial charge in [0, 0.05) is 12.2 Å². The minimum Gasteiger partial charge on any atom is -0.472 e. The molecule has 134 valence electrons. The zero-order valence-corrected chi connectivity index (χ0v) is 13.9.